The lowest BCUT2D eigenvalue weighted by Crippen LogP contribution is -2.15. The molecule has 108 valence electrons. The molecule has 0 saturated carbocycles. The second-order valence-corrected chi connectivity index (χ2v) is 6.09. The highest BCUT2D eigenvalue weighted by atomic mass is 32.2. The number of hydrogen-bond acceptors (Lipinski definition) is 4. The van der Waals surface area contributed by atoms with Crippen molar-refractivity contribution < 1.29 is 0 Å². The zero-order valence-corrected chi connectivity index (χ0v) is 13.4. The van der Waals surface area contributed by atoms with E-state index in [1.807, 2.05) is 44.0 Å². The van der Waals surface area contributed by atoms with Gasteiger partial charge in [-0.05, 0) is 17.9 Å². The molecule has 0 fully saturated rings. The average molecular weight is 290 g/mol. The Balaban J connectivity index is 2.09. The summed E-state index contributed by atoms with van der Waals surface area (Å²) in [4.78, 5) is 7.74. The fourth-order valence-corrected chi connectivity index (χ4v) is 2.87. The van der Waals surface area contributed by atoms with E-state index in [1.165, 1.54) is 16.3 Å². The monoisotopic (exact) mass is 290 g/mol. The smallest absolute Gasteiger partial charge is 0.204 e. The third-order valence-corrected chi connectivity index (χ3v) is 4.06. The number of thioether (sulfide) groups is 1. The standard InChI is InChI=1S/C15H22N4S/c1-5-20-14-9-7-6-8-13(14)16-10-12-11-17-15(18(2)3)19(12)4/h6-9,11,16H,5,10H2,1-4H3. The van der Waals surface area contributed by atoms with Gasteiger partial charge < -0.3 is 14.8 Å². The molecular weight excluding hydrogens is 268 g/mol. The molecule has 0 bridgehead atoms. The van der Waals surface area contributed by atoms with Crippen LogP contribution in [-0.4, -0.2) is 29.4 Å². The van der Waals surface area contributed by atoms with Crippen molar-refractivity contribution in [2.75, 3.05) is 30.1 Å². The molecule has 2 rings (SSSR count). The minimum absolute atomic E-state index is 0.776. The SMILES string of the molecule is CCSc1ccccc1NCc1cnc(N(C)C)n1C. The first kappa shape index (κ1) is 14.8. The summed E-state index contributed by atoms with van der Waals surface area (Å²) in [5, 5.41) is 3.51. The number of anilines is 2. The topological polar surface area (TPSA) is 33.1 Å². The summed E-state index contributed by atoms with van der Waals surface area (Å²) in [5.41, 5.74) is 2.36. The van der Waals surface area contributed by atoms with Crippen LogP contribution in [0.15, 0.2) is 35.4 Å². The van der Waals surface area contributed by atoms with Gasteiger partial charge in [0.2, 0.25) is 5.95 Å². The van der Waals surface area contributed by atoms with E-state index in [9.17, 15) is 0 Å². The predicted molar refractivity (Wildman–Crippen MR) is 87.7 cm³/mol. The number of hydrogen-bond donors (Lipinski definition) is 1. The van der Waals surface area contributed by atoms with Crippen LogP contribution in [0.5, 0.6) is 0 Å². The summed E-state index contributed by atoms with van der Waals surface area (Å²) in [5.74, 6) is 2.05. The molecule has 0 saturated heterocycles. The van der Waals surface area contributed by atoms with Crippen LogP contribution in [0.3, 0.4) is 0 Å². The molecular formula is C15H22N4S. The van der Waals surface area contributed by atoms with Gasteiger partial charge in [0.15, 0.2) is 0 Å². The van der Waals surface area contributed by atoms with Crippen molar-refractivity contribution >= 4 is 23.4 Å². The molecule has 1 N–H and O–H groups in total. The maximum absolute atomic E-state index is 4.43. The van der Waals surface area contributed by atoms with Gasteiger partial charge in [-0.25, -0.2) is 4.98 Å². The van der Waals surface area contributed by atoms with Gasteiger partial charge in [-0.2, -0.15) is 0 Å². The number of nitrogens with zero attached hydrogens (tertiary/aromatic N) is 3. The third kappa shape index (κ3) is 3.28. The van der Waals surface area contributed by atoms with Crippen molar-refractivity contribution in [2.45, 2.75) is 18.4 Å². The minimum Gasteiger partial charge on any atom is -0.379 e. The Morgan fingerprint density at radius 2 is 2.05 bits per heavy atom. The molecule has 0 aliphatic carbocycles. The Hall–Kier alpha value is -1.62. The molecule has 0 spiro atoms. The van der Waals surface area contributed by atoms with E-state index >= 15 is 0 Å². The van der Waals surface area contributed by atoms with E-state index in [-0.39, 0.29) is 0 Å². The van der Waals surface area contributed by atoms with Crippen LogP contribution in [0.2, 0.25) is 0 Å². The van der Waals surface area contributed by atoms with Gasteiger partial charge in [0.05, 0.1) is 18.4 Å². The van der Waals surface area contributed by atoms with Crippen LogP contribution < -0.4 is 10.2 Å². The van der Waals surface area contributed by atoms with Crippen molar-refractivity contribution in [2.24, 2.45) is 7.05 Å². The molecule has 0 radical (unpaired) electrons. The van der Waals surface area contributed by atoms with Crippen LogP contribution >= 0.6 is 11.8 Å². The highest BCUT2D eigenvalue weighted by Gasteiger charge is 2.08. The van der Waals surface area contributed by atoms with Crippen LogP contribution in [-0.2, 0) is 13.6 Å². The first-order valence-electron chi connectivity index (χ1n) is 6.77. The highest BCUT2D eigenvalue weighted by Crippen LogP contribution is 2.27. The predicted octanol–water partition coefficient (Wildman–Crippen LogP) is 3.21. The molecule has 20 heavy (non-hydrogen) atoms. The van der Waals surface area contributed by atoms with E-state index in [0.29, 0.717) is 0 Å². The van der Waals surface area contributed by atoms with Crippen LogP contribution in [0, 0.1) is 0 Å². The van der Waals surface area contributed by atoms with E-state index in [0.717, 1.165) is 18.2 Å². The molecule has 0 unspecified atom stereocenters. The normalized spacial score (nSPS) is 10.6. The number of benzene rings is 1. The van der Waals surface area contributed by atoms with Gasteiger partial charge in [-0.1, -0.05) is 19.1 Å². The van der Waals surface area contributed by atoms with Crippen molar-refractivity contribution in [3.05, 3.63) is 36.2 Å². The molecule has 4 nitrogen and oxygen atoms in total. The Morgan fingerprint density at radius 1 is 1.30 bits per heavy atom. The Labute approximate surface area is 125 Å². The molecule has 0 amide bonds. The van der Waals surface area contributed by atoms with Gasteiger partial charge in [-0.3, -0.25) is 0 Å². The van der Waals surface area contributed by atoms with E-state index in [1.54, 1.807) is 0 Å². The first-order chi connectivity index (χ1) is 9.63. The molecule has 1 aromatic carbocycles. The lowest BCUT2D eigenvalue weighted by Gasteiger charge is -2.14. The molecule has 0 aliphatic heterocycles. The lowest BCUT2D eigenvalue weighted by atomic mass is 10.3. The molecule has 1 heterocycles. The highest BCUT2D eigenvalue weighted by molar-refractivity contribution is 7.99. The zero-order chi connectivity index (χ0) is 14.5. The summed E-state index contributed by atoms with van der Waals surface area (Å²) in [6, 6.07) is 8.43. The number of imidazole rings is 1. The largest absolute Gasteiger partial charge is 0.379 e. The summed E-state index contributed by atoms with van der Waals surface area (Å²) in [7, 11) is 6.06. The quantitative estimate of drug-likeness (QED) is 0.828. The maximum atomic E-state index is 4.43. The van der Waals surface area contributed by atoms with Gasteiger partial charge in [0.25, 0.3) is 0 Å². The van der Waals surface area contributed by atoms with Gasteiger partial charge >= 0.3 is 0 Å². The Kier molecular flexibility index (Phi) is 4.95. The Bertz CT molecular complexity index is 563. The summed E-state index contributed by atoms with van der Waals surface area (Å²) >= 11 is 1.86. The molecule has 1 aromatic heterocycles. The maximum Gasteiger partial charge on any atom is 0.204 e. The van der Waals surface area contributed by atoms with Gasteiger partial charge in [0.1, 0.15) is 0 Å². The second kappa shape index (κ2) is 6.70. The number of rotatable bonds is 6. The van der Waals surface area contributed by atoms with Crippen molar-refractivity contribution in [1.29, 1.82) is 0 Å². The van der Waals surface area contributed by atoms with E-state index < -0.39 is 0 Å². The second-order valence-electron chi connectivity index (χ2n) is 4.79. The van der Waals surface area contributed by atoms with Gasteiger partial charge in [-0.15, -0.1) is 11.8 Å². The minimum atomic E-state index is 0.776. The lowest BCUT2D eigenvalue weighted by molar-refractivity contribution is 0.813. The van der Waals surface area contributed by atoms with Crippen molar-refractivity contribution in [3.63, 3.8) is 0 Å². The number of nitrogens with one attached hydrogen (secondary N) is 1. The average Bonchev–Trinajstić information content (AvgIpc) is 2.79. The zero-order valence-electron chi connectivity index (χ0n) is 12.6. The van der Waals surface area contributed by atoms with E-state index in [2.05, 4.69) is 46.1 Å². The fourth-order valence-electron chi connectivity index (χ4n) is 2.09. The van der Waals surface area contributed by atoms with Crippen molar-refractivity contribution in [3.8, 4) is 0 Å². The van der Waals surface area contributed by atoms with Crippen LogP contribution in [0.4, 0.5) is 11.6 Å². The van der Waals surface area contributed by atoms with E-state index in [4.69, 9.17) is 0 Å². The summed E-state index contributed by atoms with van der Waals surface area (Å²) < 4.78 is 2.11. The molecule has 5 heteroatoms. The first-order valence-corrected chi connectivity index (χ1v) is 7.75. The molecule has 0 aliphatic rings. The molecule has 0 atom stereocenters. The molecule has 2 aromatic rings. The summed E-state index contributed by atoms with van der Waals surface area (Å²) in [6.45, 7) is 2.95. The van der Waals surface area contributed by atoms with Crippen molar-refractivity contribution in [1.82, 2.24) is 9.55 Å². The fraction of sp³-hybridized carbons (Fsp3) is 0.400. The van der Waals surface area contributed by atoms with Crippen LogP contribution in [0.1, 0.15) is 12.6 Å². The van der Waals surface area contributed by atoms with Gasteiger partial charge in [0, 0.05) is 31.7 Å². The third-order valence-electron chi connectivity index (χ3n) is 3.11. The number of aromatic nitrogens is 2. The summed E-state index contributed by atoms with van der Waals surface area (Å²) in [6.07, 6.45) is 1.93. The number of para-hydroxylation sites is 1. The Morgan fingerprint density at radius 3 is 2.70 bits per heavy atom. The van der Waals surface area contributed by atoms with Crippen LogP contribution in [0.25, 0.3) is 0 Å².